The van der Waals surface area contributed by atoms with Crippen molar-refractivity contribution in [3.8, 4) is 0 Å². The van der Waals surface area contributed by atoms with Crippen molar-refractivity contribution in [1.29, 1.82) is 0 Å². The quantitative estimate of drug-likeness (QED) is 0.731. The summed E-state index contributed by atoms with van der Waals surface area (Å²) in [5.41, 5.74) is 0.848. The second-order valence-electron chi connectivity index (χ2n) is 4.91. The molecule has 1 aromatic heterocycles. The Kier molecular flexibility index (Phi) is 5.16. The molecule has 2 rings (SSSR count). The summed E-state index contributed by atoms with van der Waals surface area (Å²) in [5, 5.41) is 9.23. The fourth-order valence-corrected chi connectivity index (χ4v) is 2.28. The Morgan fingerprint density at radius 3 is 2.81 bits per heavy atom. The number of aryl methyl sites for hydroxylation is 1. The van der Waals surface area contributed by atoms with Crippen LogP contribution in [0.15, 0.2) is 23.0 Å². The van der Waals surface area contributed by atoms with Gasteiger partial charge in [0, 0.05) is 19.8 Å². The number of carboxylic acid groups (broad SMARTS) is 1. The Hall–Kier alpha value is -2.08. The van der Waals surface area contributed by atoms with Crippen LogP contribution in [0.5, 0.6) is 0 Å². The van der Waals surface area contributed by atoms with Gasteiger partial charge < -0.3 is 14.8 Å². The Morgan fingerprint density at radius 1 is 1.33 bits per heavy atom. The third-order valence-corrected chi connectivity index (χ3v) is 3.34. The van der Waals surface area contributed by atoms with Gasteiger partial charge in [-0.1, -0.05) is 19.4 Å². The topological polar surface area (TPSA) is 84.3 Å². The van der Waals surface area contributed by atoms with E-state index in [2.05, 4.69) is 11.9 Å². The molecule has 1 heterocycles. The minimum Gasteiger partial charge on any atom is -0.478 e. The zero-order chi connectivity index (χ0) is 15.2. The number of aromatic amines is 1. The van der Waals surface area contributed by atoms with Gasteiger partial charge in [0.1, 0.15) is 0 Å². The molecule has 0 spiro atoms. The third-order valence-electron chi connectivity index (χ3n) is 3.34. The smallest absolute Gasteiger partial charge is 0.337 e. The van der Waals surface area contributed by atoms with E-state index in [-0.39, 0.29) is 11.3 Å². The van der Waals surface area contributed by atoms with Crippen molar-refractivity contribution in [1.82, 2.24) is 9.55 Å². The van der Waals surface area contributed by atoms with Gasteiger partial charge in [-0.25, -0.2) is 9.59 Å². The molecule has 114 valence electrons. The monoisotopic (exact) mass is 292 g/mol. The van der Waals surface area contributed by atoms with Gasteiger partial charge in [0.25, 0.3) is 0 Å². The number of H-pyrrole nitrogens is 1. The van der Waals surface area contributed by atoms with Crippen LogP contribution in [0.1, 0.15) is 36.5 Å². The lowest BCUT2D eigenvalue weighted by Crippen LogP contribution is -2.18. The molecule has 0 amide bonds. The highest BCUT2D eigenvalue weighted by molar-refractivity contribution is 6.01. The van der Waals surface area contributed by atoms with Crippen LogP contribution in [0.25, 0.3) is 11.0 Å². The number of fused-ring (bicyclic) bond motifs is 1. The summed E-state index contributed by atoms with van der Waals surface area (Å²) in [6.07, 6.45) is 2.78. The molecule has 0 saturated carbocycles. The first-order valence-electron chi connectivity index (χ1n) is 7.17. The van der Waals surface area contributed by atoms with Crippen molar-refractivity contribution < 1.29 is 14.6 Å². The minimum atomic E-state index is -1.03. The summed E-state index contributed by atoms with van der Waals surface area (Å²) >= 11 is 0. The van der Waals surface area contributed by atoms with Crippen molar-refractivity contribution in [2.75, 3.05) is 13.2 Å². The van der Waals surface area contributed by atoms with E-state index in [1.807, 2.05) is 0 Å². The highest BCUT2D eigenvalue weighted by atomic mass is 16.5. The number of aromatic nitrogens is 2. The Morgan fingerprint density at radius 2 is 2.10 bits per heavy atom. The molecule has 0 saturated heterocycles. The van der Waals surface area contributed by atoms with E-state index in [0.717, 1.165) is 19.4 Å². The number of hydrogen-bond acceptors (Lipinski definition) is 3. The molecule has 6 nitrogen and oxygen atoms in total. The molecule has 1 aromatic carbocycles. The minimum absolute atomic E-state index is 0.137. The summed E-state index contributed by atoms with van der Waals surface area (Å²) in [6, 6.07) is 4.84. The van der Waals surface area contributed by atoms with Gasteiger partial charge in [0.15, 0.2) is 0 Å². The maximum Gasteiger partial charge on any atom is 0.337 e. The molecule has 0 aliphatic rings. The molecule has 0 atom stereocenters. The van der Waals surface area contributed by atoms with E-state index < -0.39 is 5.97 Å². The summed E-state index contributed by atoms with van der Waals surface area (Å²) in [5.74, 6) is -1.03. The first-order valence-corrected chi connectivity index (χ1v) is 7.17. The fourth-order valence-electron chi connectivity index (χ4n) is 2.28. The van der Waals surface area contributed by atoms with Crippen molar-refractivity contribution in [2.24, 2.45) is 0 Å². The lowest BCUT2D eigenvalue weighted by molar-refractivity contribution is 0.0698. The molecular formula is C15H20N2O4. The molecule has 0 unspecified atom stereocenters. The number of unbranched alkanes of at least 4 members (excludes halogenated alkanes) is 1. The van der Waals surface area contributed by atoms with E-state index in [9.17, 15) is 14.7 Å². The predicted octanol–water partition coefficient (Wildman–Crippen LogP) is 2.23. The molecule has 6 heteroatoms. The van der Waals surface area contributed by atoms with Crippen LogP contribution in [0.2, 0.25) is 0 Å². The van der Waals surface area contributed by atoms with Crippen LogP contribution in [-0.2, 0) is 11.3 Å². The second-order valence-corrected chi connectivity index (χ2v) is 4.91. The zero-order valence-corrected chi connectivity index (χ0v) is 12.1. The number of nitrogens with zero attached hydrogens (tertiary/aromatic N) is 1. The lowest BCUT2D eigenvalue weighted by atomic mass is 10.2. The van der Waals surface area contributed by atoms with Gasteiger partial charge >= 0.3 is 11.7 Å². The average Bonchev–Trinajstić information content (AvgIpc) is 2.78. The van der Waals surface area contributed by atoms with Crippen LogP contribution in [-0.4, -0.2) is 33.8 Å². The number of imidazole rings is 1. The maximum atomic E-state index is 12.0. The van der Waals surface area contributed by atoms with E-state index in [4.69, 9.17) is 4.74 Å². The van der Waals surface area contributed by atoms with Crippen molar-refractivity contribution in [3.63, 3.8) is 0 Å². The van der Waals surface area contributed by atoms with Gasteiger partial charge in [-0.2, -0.15) is 0 Å². The van der Waals surface area contributed by atoms with Gasteiger partial charge in [-0.3, -0.25) is 4.57 Å². The van der Waals surface area contributed by atoms with Crippen molar-refractivity contribution in [2.45, 2.75) is 32.7 Å². The molecule has 0 radical (unpaired) electrons. The van der Waals surface area contributed by atoms with E-state index in [0.29, 0.717) is 30.6 Å². The van der Waals surface area contributed by atoms with Gasteiger partial charge in [-0.05, 0) is 25.0 Å². The maximum absolute atomic E-state index is 12.0. The summed E-state index contributed by atoms with van der Waals surface area (Å²) in [7, 11) is 0. The normalized spacial score (nSPS) is 11.1. The molecular weight excluding hydrogens is 272 g/mol. The van der Waals surface area contributed by atoms with Gasteiger partial charge in [-0.15, -0.1) is 0 Å². The van der Waals surface area contributed by atoms with E-state index in [1.165, 1.54) is 10.6 Å². The highest BCUT2D eigenvalue weighted by Crippen LogP contribution is 2.16. The molecule has 0 fully saturated rings. The number of rotatable bonds is 8. The number of nitrogens with one attached hydrogen (secondary N) is 1. The second kappa shape index (κ2) is 7.08. The number of aromatic carboxylic acids is 1. The number of para-hydroxylation sites is 1. The van der Waals surface area contributed by atoms with Gasteiger partial charge in [0.2, 0.25) is 0 Å². The Labute approximate surface area is 122 Å². The van der Waals surface area contributed by atoms with Crippen LogP contribution < -0.4 is 5.69 Å². The number of hydrogen-bond donors (Lipinski definition) is 2. The summed E-state index contributed by atoms with van der Waals surface area (Å²) in [6.45, 7) is 3.82. The van der Waals surface area contributed by atoms with Crippen molar-refractivity contribution in [3.05, 3.63) is 34.2 Å². The summed E-state index contributed by atoms with van der Waals surface area (Å²) < 4.78 is 6.93. The van der Waals surface area contributed by atoms with Crippen LogP contribution in [0, 0.1) is 0 Å². The van der Waals surface area contributed by atoms with Crippen LogP contribution >= 0.6 is 0 Å². The van der Waals surface area contributed by atoms with E-state index >= 15 is 0 Å². The largest absolute Gasteiger partial charge is 0.478 e. The fraction of sp³-hybridized carbons (Fsp3) is 0.467. The molecule has 21 heavy (non-hydrogen) atoms. The van der Waals surface area contributed by atoms with Crippen LogP contribution in [0.3, 0.4) is 0 Å². The number of benzene rings is 1. The number of carboxylic acids is 1. The molecule has 2 aromatic rings. The lowest BCUT2D eigenvalue weighted by Gasteiger charge is -2.06. The van der Waals surface area contributed by atoms with Crippen molar-refractivity contribution >= 4 is 17.0 Å². The summed E-state index contributed by atoms with van der Waals surface area (Å²) in [4.78, 5) is 25.9. The molecule has 2 N–H and O–H groups in total. The number of carbonyl (C=O) groups is 1. The highest BCUT2D eigenvalue weighted by Gasteiger charge is 2.14. The number of ether oxygens (including phenoxy) is 1. The van der Waals surface area contributed by atoms with E-state index in [1.54, 1.807) is 12.1 Å². The first-order chi connectivity index (χ1) is 10.1. The zero-order valence-electron chi connectivity index (χ0n) is 12.1. The molecule has 0 aliphatic heterocycles. The third kappa shape index (κ3) is 3.52. The first kappa shape index (κ1) is 15.3. The van der Waals surface area contributed by atoms with Gasteiger partial charge in [0.05, 0.1) is 16.6 Å². The predicted molar refractivity (Wildman–Crippen MR) is 79.9 cm³/mol. The standard InChI is InChI=1S/C15H20N2O4/c1-2-3-9-21-10-5-8-17-13-11(14(18)19)6-4-7-12(13)16-15(17)20/h4,6-7H,2-3,5,8-10H2,1H3,(H,16,20)(H,18,19). The average molecular weight is 292 g/mol. The molecule has 0 aliphatic carbocycles. The Balaban J connectivity index is 2.14. The Bertz CT molecular complexity index is 672. The van der Waals surface area contributed by atoms with Crippen LogP contribution in [0.4, 0.5) is 0 Å². The molecule has 0 bridgehead atoms. The SMILES string of the molecule is CCCCOCCCn1c(=O)[nH]c2cccc(C(=O)O)c21.